The number of hydrogen-bond donors (Lipinski definition) is 1. The Kier molecular flexibility index (Phi) is 1.46. The van der Waals surface area contributed by atoms with Crippen molar-refractivity contribution in [2.75, 3.05) is 19.7 Å². The number of nitrogens with one attached hydrogen (secondary N) is 1. The van der Waals surface area contributed by atoms with Gasteiger partial charge in [-0.3, -0.25) is 9.63 Å². The van der Waals surface area contributed by atoms with Gasteiger partial charge in [-0.15, -0.1) is 0 Å². The van der Waals surface area contributed by atoms with Gasteiger partial charge in [0.25, 0.3) is 0 Å². The molecule has 3 aliphatic rings. The first-order valence-corrected chi connectivity index (χ1v) is 5.03. The summed E-state index contributed by atoms with van der Waals surface area (Å²) in [5, 5.41) is 4.88. The van der Waals surface area contributed by atoms with Crippen LogP contribution in [0.25, 0.3) is 0 Å². The summed E-state index contributed by atoms with van der Waals surface area (Å²) in [4.78, 5) is 17.3. The first kappa shape index (κ1) is 7.76. The molecule has 3 rings (SSSR count). The van der Waals surface area contributed by atoms with Gasteiger partial charge >= 0.3 is 0 Å². The van der Waals surface area contributed by atoms with E-state index < -0.39 is 0 Å². The van der Waals surface area contributed by atoms with Gasteiger partial charge in [0.1, 0.15) is 5.54 Å². The topological polar surface area (TPSA) is 41.6 Å². The number of hydroxylamine groups is 2. The average molecular weight is 182 g/mol. The third-order valence-corrected chi connectivity index (χ3v) is 3.62. The second-order valence-corrected chi connectivity index (χ2v) is 4.19. The number of hydrogen-bond acceptors (Lipinski definition) is 3. The standard InChI is InChI=1S/C9H14N2O2/c12-8-9-3-1-2-4-11(9)13-6-7(9)5-10-8/h7H,1-6H2,(H,10,12)/t7-,9+/m0/s1. The van der Waals surface area contributed by atoms with Crippen molar-refractivity contribution < 1.29 is 9.63 Å². The van der Waals surface area contributed by atoms with E-state index in [1.54, 1.807) is 0 Å². The molecule has 3 aliphatic heterocycles. The molecule has 0 radical (unpaired) electrons. The molecule has 3 fully saturated rings. The highest BCUT2D eigenvalue weighted by molar-refractivity contribution is 5.89. The van der Waals surface area contributed by atoms with Crippen LogP contribution in [0.5, 0.6) is 0 Å². The quantitative estimate of drug-likeness (QED) is 0.569. The van der Waals surface area contributed by atoms with Gasteiger partial charge in [-0.2, -0.15) is 5.06 Å². The molecule has 0 aromatic heterocycles. The van der Waals surface area contributed by atoms with Gasteiger partial charge in [-0.25, -0.2) is 0 Å². The van der Waals surface area contributed by atoms with Gasteiger partial charge in [-0.05, 0) is 19.3 Å². The Morgan fingerprint density at radius 2 is 2.46 bits per heavy atom. The molecule has 1 amide bonds. The molecule has 0 bridgehead atoms. The van der Waals surface area contributed by atoms with Crippen molar-refractivity contribution in [2.24, 2.45) is 5.92 Å². The van der Waals surface area contributed by atoms with E-state index in [1.807, 2.05) is 5.06 Å². The Bertz CT molecular complexity index is 254. The Hall–Kier alpha value is -0.610. The minimum atomic E-state index is -0.280. The highest BCUT2D eigenvalue weighted by Gasteiger charge is 2.59. The monoisotopic (exact) mass is 182 g/mol. The minimum Gasteiger partial charge on any atom is -0.354 e. The zero-order valence-electron chi connectivity index (χ0n) is 7.58. The highest BCUT2D eigenvalue weighted by atomic mass is 16.7. The lowest BCUT2D eigenvalue weighted by Crippen LogP contribution is -2.54. The molecule has 4 nitrogen and oxygen atoms in total. The molecule has 0 aromatic carbocycles. The fourth-order valence-electron chi connectivity index (χ4n) is 2.89. The summed E-state index contributed by atoms with van der Waals surface area (Å²) in [6.45, 7) is 2.44. The van der Waals surface area contributed by atoms with Crippen LogP contribution in [-0.2, 0) is 9.63 Å². The zero-order valence-corrected chi connectivity index (χ0v) is 7.58. The molecule has 0 saturated carbocycles. The maximum atomic E-state index is 11.8. The van der Waals surface area contributed by atoms with Crippen LogP contribution in [-0.4, -0.2) is 36.2 Å². The number of carbonyl (C=O) groups excluding carboxylic acids is 1. The van der Waals surface area contributed by atoms with Crippen LogP contribution in [0.1, 0.15) is 19.3 Å². The van der Waals surface area contributed by atoms with Crippen LogP contribution in [0.4, 0.5) is 0 Å². The van der Waals surface area contributed by atoms with Crippen molar-refractivity contribution in [1.82, 2.24) is 10.4 Å². The highest BCUT2D eigenvalue weighted by Crippen LogP contribution is 2.42. The summed E-state index contributed by atoms with van der Waals surface area (Å²) >= 11 is 0. The Balaban J connectivity index is 2.00. The Morgan fingerprint density at radius 1 is 1.54 bits per heavy atom. The van der Waals surface area contributed by atoms with Crippen LogP contribution in [0.2, 0.25) is 0 Å². The van der Waals surface area contributed by atoms with Crippen LogP contribution in [0, 0.1) is 5.92 Å². The fraction of sp³-hybridized carbons (Fsp3) is 0.889. The van der Waals surface area contributed by atoms with Gasteiger partial charge in [0.05, 0.1) is 6.61 Å². The molecule has 13 heavy (non-hydrogen) atoms. The molecule has 3 saturated heterocycles. The average Bonchev–Trinajstić information content (AvgIpc) is 2.65. The van der Waals surface area contributed by atoms with Gasteiger partial charge in [0.2, 0.25) is 5.91 Å². The fourth-order valence-corrected chi connectivity index (χ4v) is 2.89. The van der Waals surface area contributed by atoms with E-state index in [9.17, 15) is 4.79 Å². The van der Waals surface area contributed by atoms with Gasteiger partial charge < -0.3 is 5.32 Å². The van der Waals surface area contributed by atoms with Crippen LogP contribution < -0.4 is 5.32 Å². The van der Waals surface area contributed by atoms with E-state index in [2.05, 4.69) is 5.32 Å². The van der Waals surface area contributed by atoms with Crippen LogP contribution in [0.3, 0.4) is 0 Å². The molecule has 1 N–H and O–H groups in total. The summed E-state index contributed by atoms with van der Waals surface area (Å²) in [6.07, 6.45) is 3.29. The molecule has 72 valence electrons. The van der Waals surface area contributed by atoms with Gasteiger partial charge in [-0.1, -0.05) is 0 Å². The van der Waals surface area contributed by atoms with E-state index in [0.29, 0.717) is 5.92 Å². The van der Waals surface area contributed by atoms with Crippen LogP contribution in [0.15, 0.2) is 0 Å². The van der Waals surface area contributed by atoms with E-state index in [1.165, 1.54) is 0 Å². The van der Waals surface area contributed by atoms with Crippen LogP contribution >= 0.6 is 0 Å². The number of piperidine rings is 1. The lowest BCUT2D eigenvalue weighted by atomic mass is 9.80. The number of amides is 1. The maximum absolute atomic E-state index is 11.8. The molecule has 0 aliphatic carbocycles. The molecular weight excluding hydrogens is 168 g/mol. The summed E-state index contributed by atoms with van der Waals surface area (Å²) in [7, 11) is 0. The lowest BCUT2D eigenvalue weighted by molar-refractivity contribution is -0.184. The summed E-state index contributed by atoms with van der Waals surface area (Å²) < 4.78 is 0. The second kappa shape index (κ2) is 2.45. The zero-order chi connectivity index (χ0) is 8.89. The first-order valence-electron chi connectivity index (χ1n) is 5.03. The Morgan fingerprint density at radius 3 is 3.38 bits per heavy atom. The van der Waals surface area contributed by atoms with E-state index >= 15 is 0 Å². The molecule has 3 heterocycles. The molecule has 1 spiro atoms. The third-order valence-electron chi connectivity index (χ3n) is 3.62. The van der Waals surface area contributed by atoms with Crippen molar-refractivity contribution in [3.63, 3.8) is 0 Å². The minimum absolute atomic E-state index is 0.190. The number of rotatable bonds is 0. The van der Waals surface area contributed by atoms with Gasteiger partial charge in [0, 0.05) is 19.0 Å². The Labute approximate surface area is 77.2 Å². The SMILES string of the molecule is O=C1NC[C@H]2CON3CCCC[C@]123. The lowest BCUT2D eigenvalue weighted by Gasteiger charge is -2.37. The predicted molar refractivity (Wildman–Crippen MR) is 45.7 cm³/mol. The third kappa shape index (κ3) is 0.802. The molecule has 0 unspecified atom stereocenters. The molecule has 4 heteroatoms. The molecule has 2 atom stereocenters. The van der Waals surface area contributed by atoms with E-state index in [0.717, 1.165) is 39.0 Å². The summed E-state index contributed by atoms with van der Waals surface area (Å²) in [5.74, 6) is 0.579. The summed E-state index contributed by atoms with van der Waals surface area (Å²) in [5.41, 5.74) is -0.280. The first-order chi connectivity index (χ1) is 6.34. The van der Waals surface area contributed by atoms with Gasteiger partial charge in [0.15, 0.2) is 0 Å². The normalized spacial score (nSPS) is 44.3. The van der Waals surface area contributed by atoms with E-state index in [4.69, 9.17) is 4.84 Å². The molecule has 0 aromatic rings. The van der Waals surface area contributed by atoms with Crippen molar-refractivity contribution in [2.45, 2.75) is 24.8 Å². The largest absolute Gasteiger partial charge is 0.354 e. The van der Waals surface area contributed by atoms with Crippen molar-refractivity contribution in [1.29, 1.82) is 0 Å². The van der Waals surface area contributed by atoms with E-state index in [-0.39, 0.29) is 11.4 Å². The van der Waals surface area contributed by atoms with Crippen molar-refractivity contribution in [3.8, 4) is 0 Å². The number of carbonyl (C=O) groups is 1. The van der Waals surface area contributed by atoms with Crippen molar-refractivity contribution >= 4 is 5.91 Å². The maximum Gasteiger partial charge on any atom is 0.243 e. The second-order valence-electron chi connectivity index (χ2n) is 4.19. The smallest absolute Gasteiger partial charge is 0.243 e. The van der Waals surface area contributed by atoms with Crippen molar-refractivity contribution in [3.05, 3.63) is 0 Å². The molecular formula is C9H14N2O2. The summed E-state index contributed by atoms with van der Waals surface area (Å²) in [6, 6.07) is 0. The number of nitrogens with zero attached hydrogens (tertiary/aromatic N) is 1. The predicted octanol–water partition coefficient (Wildman–Crippen LogP) is -0.0977.